The van der Waals surface area contributed by atoms with E-state index in [0.29, 0.717) is 19.4 Å². The monoisotopic (exact) mass is 343 g/mol. The molecule has 0 spiro atoms. The molecule has 1 saturated heterocycles. The SMILES string of the molecule is CC[C@@]1(C(C)(C)C)CC(c2ccc(C(F)(F)F)cc2)CN1C(=O)O. The fourth-order valence-corrected chi connectivity index (χ4v) is 3.98. The number of hydrogen-bond donors (Lipinski definition) is 1. The van der Waals surface area contributed by atoms with Gasteiger partial charge in [0.25, 0.3) is 0 Å². The number of carboxylic acid groups (broad SMARTS) is 1. The Balaban J connectivity index is 2.36. The molecule has 1 heterocycles. The first kappa shape index (κ1) is 18.6. The zero-order valence-electron chi connectivity index (χ0n) is 14.4. The molecule has 1 unspecified atom stereocenters. The number of carbonyl (C=O) groups is 1. The Labute approximate surface area is 140 Å². The van der Waals surface area contributed by atoms with Crippen molar-refractivity contribution in [1.82, 2.24) is 4.90 Å². The van der Waals surface area contributed by atoms with Crippen LogP contribution >= 0.6 is 0 Å². The van der Waals surface area contributed by atoms with Gasteiger partial charge in [0.15, 0.2) is 0 Å². The molecule has 1 aromatic carbocycles. The van der Waals surface area contributed by atoms with Crippen molar-refractivity contribution in [2.75, 3.05) is 6.54 Å². The average molecular weight is 343 g/mol. The van der Waals surface area contributed by atoms with Gasteiger partial charge in [-0.1, -0.05) is 39.8 Å². The molecule has 0 aliphatic carbocycles. The van der Waals surface area contributed by atoms with Gasteiger partial charge in [-0.15, -0.1) is 0 Å². The molecule has 1 aliphatic heterocycles. The summed E-state index contributed by atoms with van der Waals surface area (Å²) in [4.78, 5) is 13.2. The molecule has 1 aliphatic rings. The summed E-state index contributed by atoms with van der Waals surface area (Å²) in [7, 11) is 0. The molecule has 134 valence electrons. The highest BCUT2D eigenvalue weighted by Crippen LogP contribution is 2.50. The molecule has 0 bridgehead atoms. The highest BCUT2D eigenvalue weighted by atomic mass is 19.4. The number of amides is 1. The molecule has 6 heteroatoms. The molecule has 2 rings (SSSR count). The van der Waals surface area contributed by atoms with Gasteiger partial charge in [-0.05, 0) is 36.0 Å². The van der Waals surface area contributed by atoms with E-state index in [0.717, 1.165) is 17.7 Å². The van der Waals surface area contributed by atoms with E-state index in [4.69, 9.17) is 0 Å². The van der Waals surface area contributed by atoms with Crippen LogP contribution in [0.4, 0.5) is 18.0 Å². The molecule has 1 N–H and O–H groups in total. The number of hydrogen-bond acceptors (Lipinski definition) is 1. The Hall–Kier alpha value is -1.72. The number of rotatable bonds is 2. The molecule has 3 nitrogen and oxygen atoms in total. The van der Waals surface area contributed by atoms with Crippen LogP contribution in [-0.2, 0) is 6.18 Å². The lowest BCUT2D eigenvalue weighted by atomic mass is 9.68. The minimum atomic E-state index is -4.36. The van der Waals surface area contributed by atoms with E-state index in [9.17, 15) is 23.1 Å². The van der Waals surface area contributed by atoms with Crippen LogP contribution in [0.5, 0.6) is 0 Å². The second-order valence-electron chi connectivity index (χ2n) is 7.55. The van der Waals surface area contributed by atoms with Gasteiger partial charge in [0, 0.05) is 12.5 Å². The maximum Gasteiger partial charge on any atom is 0.416 e. The van der Waals surface area contributed by atoms with Crippen LogP contribution in [0.2, 0.25) is 0 Å². The van der Waals surface area contributed by atoms with E-state index >= 15 is 0 Å². The minimum absolute atomic E-state index is 0.0949. The lowest BCUT2D eigenvalue weighted by Gasteiger charge is -2.46. The fourth-order valence-electron chi connectivity index (χ4n) is 3.98. The molecule has 1 aromatic rings. The summed E-state index contributed by atoms with van der Waals surface area (Å²) < 4.78 is 38.1. The van der Waals surface area contributed by atoms with Gasteiger partial charge >= 0.3 is 12.3 Å². The third kappa shape index (κ3) is 3.10. The van der Waals surface area contributed by atoms with Crippen LogP contribution in [0.1, 0.15) is 57.6 Å². The molecular weight excluding hydrogens is 319 g/mol. The smallest absolute Gasteiger partial charge is 0.416 e. The highest BCUT2D eigenvalue weighted by molar-refractivity contribution is 5.67. The van der Waals surface area contributed by atoms with Crippen LogP contribution in [0.15, 0.2) is 24.3 Å². The van der Waals surface area contributed by atoms with Gasteiger partial charge in [0.05, 0.1) is 11.1 Å². The first-order valence-corrected chi connectivity index (χ1v) is 8.10. The van der Waals surface area contributed by atoms with Crippen molar-refractivity contribution in [3.05, 3.63) is 35.4 Å². The predicted molar refractivity (Wildman–Crippen MR) is 86.0 cm³/mol. The van der Waals surface area contributed by atoms with E-state index in [2.05, 4.69) is 0 Å². The van der Waals surface area contributed by atoms with E-state index < -0.39 is 23.4 Å². The van der Waals surface area contributed by atoms with E-state index in [1.807, 2.05) is 27.7 Å². The maximum absolute atomic E-state index is 12.7. The quantitative estimate of drug-likeness (QED) is 0.784. The van der Waals surface area contributed by atoms with Crippen molar-refractivity contribution in [2.45, 2.75) is 58.2 Å². The van der Waals surface area contributed by atoms with E-state index in [1.54, 1.807) is 0 Å². The molecule has 2 atom stereocenters. The summed E-state index contributed by atoms with van der Waals surface area (Å²) in [6.45, 7) is 8.33. The Morgan fingerprint density at radius 2 is 1.79 bits per heavy atom. The Bertz CT molecular complexity index is 604. The number of halogens is 3. The Morgan fingerprint density at radius 1 is 1.25 bits per heavy atom. The summed E-state index contributed by atoms with van der Waals surface area (Å²) in [5.74, 6) is -0.0949. The summed E-state index contributed by atoms with van der Waals surface area (Å²) in [6, 6.07) is 5.09. The molecular formula is C18H24F3NO2. The van der Waals surface area contributed by atoms with Crippen molar-refractivity contribution < 1.29 is 23.1 Å². The van der Waals surface area contributed by atoms with Crippen LogP contribution in [0.3, 0.4) is 0 Å². The van der Waals surface area contributed by atoms with Gasteiger partial charge in [-0.25, -0.2) is 4.79 Å². The Kier molecular flexibility index (Phi) is 4.63. The molecule has 0 radical (unpaired) electrons. The third-order valence-electron chi connectivity index (χ3n) is 5.43. The summed E-state index contributed by atoms with van der Waals surface area (Å²) in [5.41, 5.74) is -0.710. The van der Waals surface area contributed by atoms with Crippen LogP contribution in [-0.4, -0.2) is 28.2 Å². The number of alkyl halides is 3. The lowest BCUT2D eigenvalue weighted by Crippen LogP contribution is -2.54. The van der Waals surface area contributed by atoms with Crippen LogP contribution < -0.4 is 0 Å². The van der Waals surface area contributed by atoms with Gasteiger partial charge < -0.3 is 10.0 Å². The first-order valence-electron chi connectivity index (χ1n) is 8.10. The average Bonchev–Trinajstić information content (AvgIpc) is 2.87. The molecule has 1 amide bonds. The van der Waals surface area contributed by atoms with Gasteiger partial charge in [0.1, 0.15) is 0 Å². The van der Waals surface area contributed by atoms with Crippen molar-refractivity contribution in [3.63, 3.8) is 0 Å². The molecule has 24 heavy (non-hydrogen) atoms. The third-order valence-corrected chi connectivity index (χ3v) is 5.43. The lowest BCUT2D eigenvalue weighted by molar-refractivity contribution is -0.137. The van der Waals surface area contributed by atoms with E-state index in [-0.39, 0.29) is 11.3 Å². The second-order valence-corrected chi connectivity index (χ2v) is 7.55. The van der Waals surface area contributed by atoms with Crippen molar-refractivity contribution in [1.29, 1.82) is 0 Å². The first-order chi connectivity index (χ1) is 10.9. The summed E-state index contributed by atoms with van der Waals surface area (Å²) in [5, 5.41) is 9.64. The number of benzene rings is 1. The van der Waals surface area contributed by atoms with E-state index in [1.165, 1.54) is 17.0 Å². The van der Waals surface area contributed by atoms with Gasteiger partial charge in [-0.2, -0.15) is 13.2 Å². The van der Waals surface area contributed by atoms with Crippen LogP contribution in [0, 0.1) is 5.41 Å². The normalized spacial score (nSPS) is 25.1. The summed E-state index contributed by atoms with van der Waals surface area (Å²) in [6.07, 6.45) is -4.05. The zero-order chi connectivity index (χ0) is 18.3. The molecule has 1 fully saturated rings. The minimum Gasteiger partial charge on any atom is -0.465 e. The number of likely N-dealkylation sites (tertiary alicyclic amines) is 1. The van der Waals surface area contributed by atoms with Gasteiger partial charge in [-0.3, -0.25) is 0 Å². The molecule has 0 aromatic heterocycles. The predicted octanol–water partition coefficient (Wildman–Crippen LogP) is 5.37. The maximum atomic E-state index is 12.7. The standard InChI is InChI=1S/C18H24F3NO2/c1-5-17(16(2,3)4)10-13(11-22(17)15(23)24)12-6-8-14(9-7-12)18(19,20)21/h6-9,13H,5,10-11H2,1-4H3,(H,23,24)/t13?,17-/m0/s1. The zero-order valence-corrected chi connectivity index (χ0v) is 14.4. The highest BCUT2D eigenvalue weighted by Gasteiger charge is 2.53. The Morgan fingerprint density at radius 3 is 2.12 bits per heavy atom. The fraction of sp³-hybridized carbons (Fsp3) is 0.611. The van der Waals surface area contributed by atoms with Crippen molar-refractivity contribution in [3.8, 4) is 0 Å². The van der Waals surface area contributed by atoms with Crippen molar-refractivity contribution >= 4 is 6.09 Å². The summed E-state index contributed by atoms with van der Waals surface area (Å²) >= 11 is 0. The van der Waals surface area contributed by atoms with Crippen molar-refractivity contribution in [2.24, 2.45) is 5.41 Å². The van der Waals surface area contributed by atoms with Gasteiger partial charge in [0.2, 0.25) is 0 Å². The number of nitrogens with zero attached hydrogens (tertiary/aromatic N) is 1. The second kappa shape index (κ2) is 5.97. The topological polar surface area (TPSA) is 40.5 Å². The van der Waals surface area contributed by atoms with Crippen LogP contribution in [0.25, 0.3) is 0 Å². The molecule has 0 saturated carbocycles. The largest absolute Gasteiger partial charge is 0.465 e.